The van der Waals surface area contributed by atoms with Crippen molar-refractivity contribution in [3.05, 3.63) is 71.4 Å². The molecule has 2 aromatic heterocycles. The molecule has 116 valence electrons. The van der Waals surface area contributed by atoms with E-state index in [0.29, 0.717) is 10.6 Å². The van der Waals surface area contributed by atoms with Crippen LogP contribution in [0.2, 0.25) is 0 Å². The normalized spacial score (nSPS) is 10.6. The maximum absolute atomic E-state index is 11.6. The molecule has 4 nitrogen and oxygen atoms in total. The second kappa shape index (κ2) is 6.85. The second-order valence-corrected chi connectivity index (χ2v) is 7.17. The number of nitrogen functional groups attached to an aromatic ring is 1. The van der Waals surface area contributed by atoms with Crippen molar-refractivity contribution in [2.45, 2.75) is 9.96 Å². The number of carbonyl (C=O) groups is 1. The summed E-state index contributed by atoms with van der Waals surface area (Å²) >= 11 is 3.01. The average Bonchev–Trinajstić information content (AvgIpc) is 2.91. The first-order chi connectivity index (χ1) is 11.2. The Bertz CT molecular complexity index is 817. The van der Waals surface area contributed by atoms with Crippen LogP contribution < -0.4 is 16.0 Å². The highest BCUT2D eigenvalue weighted by Gasteiger charge is 2.26. The van der Waals surface area contributed by atoms with Gasteiger partial charge < -0.3 is 11.5 Å². The predicted octanol–water partition coefficient (Wildman–Crippen LogP) is 3.00. The van der Waals surface area contributed by atoms with Crippen LogP contribution in [-0.4, -0.2) is 5.91 Å². The maximum atomic E-state index is 11.6. The molecule has 0 saturated heterocycles. The van der Waals surface area contributed by atoms with Crippen LogP contribution in [0.5, 0.6) is 0 Å². The summed E-state index contributed by atoms with van der Waals surface area (Å²) in [5, 5.41) is 0. The number of carbonyl (C=O) groups excluding carboxylic acids is 1. The van der Waals surface area contributed by atoms with Gasteiger partial charge in [-0.05, 0) is 5.56 Å². The highest BCUT2D eigenvalue weighted by atomic mass is 32.2. The molecule has 0 unspecified atom stereocenters. The zero-order chi connectivity index (χ0) is 16.2. The van der Waals surface area contributed by atoms with Crippen LogP contribution in [0.15, 0.2) is 65.1 Å². The van der Waals surface area contributed by atoms with Crippen LogP contribution in [0, 0.1) is 0 Å². The number of hydrogen-bond donors (Lipinski definition) is 2. The number of benzene rings is 1. The van der Waals surface area contributed by atoms with Gasteiger partial charge in [-0.15, -0.1) is 23.1 Å². The summed E-state index contributed by atoms with van der Waals surface area (Å²) in [5.41, 5.74) is 14.1. The van der Waals surface area contributed by atoms with Crippen molar-refractivity contribution >= 4 is 34.7 Å². The Morgan fingerprint density at radius 2 is 1.74 bits per heavy atom. The summed E-state index contributed by atoms with van der Waals surface area (Å²) in [5.74, 6) is 0.316. The molecule has 0 spiro atoms. The number of thiophene rings is 1. The number of nitrogens with zero attached hydrogens (tertiary/aromatic N) is 1. The van der Waals surface area contributed by atoms with Crippen LogP contribution >= 0.6 is 23.1 Å². The fraction of sp³-hybridized carbons (Fsp3) is 0.0588. The van der Waals surface area contributed by atoms with Crippen molar-refractivity contribution in [3.8, 4) is 5.69 Å². The first-order valence-corrected chi connectivity index (χ1v) is 8.82. The highest BCUT2D eigenvalue weighted by molar-refractivity contribution is 8.00. The molecule has 0 aliphatic carbocycles. The van der Waals surface area contributed by atoms with Gasteiger partial charge in [0.2, 0.25) is 0 Å². The summed E-state index contributed by atoms with van der Waals surface area (Å²) in [7, 11) is 0. The van der Waals surface area contributed by atoms with Crippen LogP contribution in [0.1, 0.15) is 15.2 Å². The molecule has 0 radical (unpaired) electrons. The lowest BCUT2D eigenvalue weighted by atomic mass is 10.2. The lowest BCUT2D eigenvalue weighted by Crippen LogP contribution is -2.30. The molecule has 0 atom stereocenters. The molecule has 0 bridgehead atoms. The number of rotatable bonds is 5. The van der Waals surface area contributed by atoms with E-state index in [1.165, 1.54) is 16.9 Å². The maximum Gasteiger partial charge on any atom is 0.261 e. The highest BCUT2D eigenvalue weighted by Crippen LogP contribution is 2.39. The van der Waals surface area contributed by atoms with E-state index in [2.05, 4.69) is 12.1 Å². The van der Waals surface area contributed by atoms with E-state index < -0.39 is 5.91 Å². The molecule has 1 amide bonds. The third-order valence-corrected chi connectivity index (χ3v) is 5.84. The fourth-order valence-electron chi connectivity index (χ4n) is 2.21. The number of nitrogens with two attached hydrogens (primary N) is 2. The molecule has 23 heavy (non-hydrogen) atoms. The SMILES string of the molecule is NC(=O)c1sc(SCc2ccccc2)c(-[n+]2ccccc2)c1N. The van der Waals surface area contributed by atoms with Crippen molar-refractivity contribution in [2.24, 2.45) is 5.73 Å². The van der Waals surface area contributed by atoms with Gasteiger partial charge in [-0.25, -0.2) is 0 Å². The van der Waals surface area contributed by atoms with E-state index in [1.54, 1.807) is 11.8 Å². The molecule has 3 aromatic rings. The van der Waals surface area contributed by atoms with Gasteiger partial charge in [0, 0.05) is 17.9 Å². The smallest absolute Gasteiger partial charge is 0.261 e. The van der Waals surface area contributed by atoms with Gasteiger partial charge >= 0.3 is 0 Å². The quantitative estimate of drug-likeness (QED) is 0.553. The standard InChI is InChI=1S/C17H15N3OS2/c18-13-14(20-9-5-2-6-10-20)17(23-15(13)16(19)21)22-11-12-7-3-1-4-8-12/h1-10H,11H2,(H3-,18,19,21)/p+1. The largest absolute Gasteiger partial charge is 0.392 e. The predicted molar refractivity (Wildman–Crippen MR) is 94.8 cm³/mol. The van der Waals surface area contributed by atoms with Crippen LogP contribution in [-0.2, 0) is 5.75 Å². The summed E-state index contributed by atoms with van der Waals surface area (Å²) < 4.78 is 2.90. The molecule has 0 aliphatic heterocycles. The lowest BCUT2D eigenvalue weighted by molar-refractivity contribution is -0.596. The van der Waals surface area contributed by atoms with Gasteiger partial charge in [-0.3, -0.25) is 4.79 Å². The van der Waals surface area contributed by atoms with Gasteiger partial charge in [0.25, 0.3) is 11.6 Å². The Hall–Kier alpha value is -2.31. The van der Waals surface area contributed by atoms with E-state index in [1.807, 2.05) is 53.4 Å². The number of primary amides is 1. The Balaban J connectivity index is 1.98. The molecule has 1 aromatic carbocycles. The summed E-state index contributed by atoms with van der Waals surface area (Å²) in [6, 6.07) is 16.0. The van der Waals surface area contributed by atoms with Crippen molar-refractivity contribution in [2.75, 3.05) is 5.73 Å². The van der Waals surface area contributed by atoms with Crippen molar-refractivity contribution in [1.82, 2.24) is 0 Å². The summed E-state index contributed by atoms with van der Waals surface area (Å²) in [6.07, 6.45) is 3.82. The monoisotopic (exact) mass is 342 g/mol. The van der Waals surface area contributed by atoms with E-state index >= 15 is 0 Å². The molecule has 0 fully saturated rings. The molecule has 0 aliphatic rings. The van der Waals surface area contributed by atoms with Crippen molar-refractivity contribution in [1.29, 1.82) is 0 Å². The number of anilines is 1. The first-order valence-electron chi connectivity index (χ1n) is 7.02. The van der Waals surface area contributed by atoms with E-state index in [-0.39, 0.29) is 0 Å². The van der Waals surface area contributed by atoms with Crippen molar-refractivity contribution < 1.29 is 9.36 Å². The minimum absolute atomic E-state index is 0.409. The topological polar surface area (TPSA) is 73.0 Å². The van der Waals surface area contributed by atoms with E-state index in [4.69, 9.17) is 11.5 Å². The van der Waals surface area contributed by atoms with Gasteiger partial charge in [0.1, 0.15) is 14.8 Å². The van der Waals surface area contributed by atoms with Gasteiger partial charge in [0.05, 0.1) is 0 Å². The second-order valence-electron chi connectivity index (χ2n) is 4.90. The summed E-state index contributed by atoms with van der Waals surface area (Å²) in [4.78, 5) is 12.0. The van der Waals surface area contributed by atoms with Crippen LogP contribution in [0.4, 0.5) is 5.69 Å². The molecule has 0 saturated carbocycles. The third kappa shape index (κ3) is 3.38. The Kier molecular flexibility index (Phi) is 4.64. The Morgan fingerprint density at radius 3 is 2.39 bits per heavy atom. The zero-order valence-electron chi connectivity index (χ0n) is 12.3. The number of aromatic nitrogens is 1. The zero-order valence-corrected chi connectivity index (χ0v) is 13.9. The first kappa shape index (κ1) is 15.6. The van der Waals surface area contributed by atoms with Gasteiger partial charge in [-0.1, -0.05) is 36.4 Å². The number of thioether (sulfide) groups is 1. The van der Waals surface area contributed by atoms with Gasteiger partial charge in [-0.2, -0.15) is 4.57 Å². The van der Waals surface area contributed by atoms with Crippen LogP contribution in [0.25, 0.3) is 5.69 Å². The molecule has 6 heteroatoms. The Morgan fingerprint density at radius 1 is 1.09 bits per heavy atom. The summed E-state index contributed by atoms with van der Waals surface area (Å²) in [6.45, 7) is 0. The van der Waals surface area contributed by atoms with Gasteiger partial charge in [0.15, 0.2) is 12.4 Å². The minimum Gasteiger partial charge on any atom is -0.392 e. The minimum atomic E-state index is -0.489. The molecular weight excluding hydrogens is 326 g/mol. The average molecular weight is 342 g/mol. The molecule has 2 heterocycles. The number of hydrogen-bond acceptors (Lipinski definition) is 4. The van der Waals surface area contributed by atoms with Crippen LogP contribution in [0.3, 0.4) is 0 Å². The number of pyridine rings is 1. The molecule has 4 N–H and O–H groups in total. The Labute approximate surface area is 142 Å². The van der Waals surface area contributed by atoms with E-state index in [0.717, 1.165) is 15.6 Å². The molecular formula is C17H16N3OS2+. The lowest BCUT2D eigenvalue weighted by Gasteiger charge is -2.01. The third-order valence-electron chi connectivity index (χ3n) is 3.30. The molecule has 3 rings (SSSR count). The van der Waals surface area contributed by atoms with Crippen molar-refractivity contribution in [3.63, 3.8) is 0 Å². The number of amides is 1. The fourth-order valence-corrected chi connectivity index (χ4v) is 4.52. The van der Waals surface area contributed by atoms with E-state index in [9.17, 15) is 4.79 Å².